The third kappa shape index (κ3) is 3.30. The lowest BCUT2D eigenvalue weighted by Crippen LogP contribution is -2.20. The molecule has 1 aromatic heterocycles. The van der Waals surface area contributed by atoms with Crippen molar-refractivity contribution in [1.82, 2.24) is 9.99 Å². The second-order valence-electron chi connectivity index (χ2n) is 3.08. The van der Waals surface area contributed by atoms with E-state index in [9.17, 15) is 14.9 Å². The highest BCUT2D eigenvalue weighted by Crippen LogP contribution is 2.14. The molecule has 0 aliphatic rings. The van der Waals surface area contributed by atoms with E-state index in [-0.39, 0.29) is 11.4 Å². The van der Waals surface area contributed by atoms with Crippen molar-refractivity contribution in [2.24, 2.45) is 12.1 Å². The molecule has 0 aliphatic heterocycles. The van der Waals surface area contributed by atoms with Crippen LogP contribution < -0.4 is 5.43 Å². The summed E-state index contributed by atoms with van der Waals surface area (Å²) in [4.78, 5) is 21.5. The normalized spacial score (nSPS) is 10.5. The van der Waals surface area contributed by atoms with E-state index in [4.69, 9.17) is 4.74 Å². The maximum Gasteiger partial charge on any atom is 0.288 e. The Morgan fingerprint density at radius 3 is 3.00 bits per heavy atom. The Kier molecular flexibility index (Phi) is 4.21. The van der Waals surface area contributed by atoms with Crippen LogP contribution in [0, 0.1) is 10.1 Å². The summed E-state index contributed by atoms with van der Waals surface area (Å²) < 4.78 is 6.12. The van der Waals surface area contributed by atoms with Crippen LogP contribution in [0.1, 0.15) is 17.4 Å². The van der Waals surface area contributed by atoms with Crippen molar-refractivity contribution in [3.05, 3.63) is 28.1 Å². The van der Waals surface area contributed by atoms with Crippen LogP contribution in [0.3, 0.4) is 0 Å². The molecule has 0 aromatic carbocycles. The molecule has 0 saturated heterocycles. The van der Waals surface area contributed by atoms with Gasteiger partial charge in [0.05, 0.1) is 17.7 Å². The third-order valence-electron chi connectivity index (χ3n) is 1.89. The SMILES string of the molecule is CCO/C=N/NC(=O)c1cc([N+](=O)[O-])cn1C. The molecule has 0 spiro atoms. The highest BCUT2D eigenvalue weighted by Gasteiger charge is 2.16. The molecule has 1 heterocycles. The predicted molar refractivity (Wildman–Crippen MR) is 59.7 cm³/mol. The molecule has 1 aromatic rings. The average molecular weight is 240 g/mol. The molecule has 0 saturated carbocycles. The Morgan fingerprint density at radius 2 is 2.47 bits per heavy atom. The van der Waals surface area contributed by atoms with E-state index in [0.29, 0.717) is 6.61 Å². The maximum atomic E-state index is 11.5. The number of nitrogens with one attached hydrogen (secondary N) is 1. The van der Waals surface area contributed by atoms with Crippen LogP contribution >= 0.6 is 0 Å². The quantitative estimate of drug-likeness (QED) is 0.353. The number of amides is 1. The maximum absolute atomic E-state index is 11.5. The summed E-state index contributed by atoms with van der Waals surface area (Å²) in [7, 11) is 1.54. The Morgan fingerprint density at radius 1 is 1.76 bits per heavy atom. The van der Waals surface area contributed by atoms with Gasteiger partial charge in [0, 0.05) is 13.1 Å². The standard InChI is InChI=1S/C9H12N4O4/c1-3-17-6-10-11-9(14)8-4-7(13(15)16)5-12(8)2/h4-6H,3H2,1-2H3,(H,11,14)/b10-6+. The van der Waals surface area contributed by atoms with Crippen LogP contribution in [-0.2, 0) is 11.8 Å². The Balaban J connectivity index is 2.72. The molecular weight excluding hydrogens is 228 g/mol. The van der Waals surface area contributed by atoms with Gasteiger partial charge in [-0.2, -0.15) is 0 Å². The number of nitrogens with zero attached hydrogens (tertiary/aromatic N) is 3. The van der Waals surface area contributed by atoms with Crippen LogP contribution in [0.5, 0.6) is 0 Å². The summed E-state index contributed by atoms with van der Waals surface area (Å²) in [6, 6.07) is 1.17. The highest BCUT2D eigenvalue weighted by molar-refractivity contribution is 5.93. The third-order valence-corrected chi connectivity index (χ3v) is 1.89. The van der Waals surface area contributed by atoms with Crippen LogP contribution in [0.4, 0.5) is 5.69 Å². The highest BCUT2D eigenvalue weighted by atomic mass is 16.6. The molecule has 17 heavy (non-hydrogen) atoms. The minimum Gasteiger partial charge on any atom is -0.482 e. The molecule has 1 N–H and O–H groups in total. The summed E-state index contributed by atoms with van der Waals surface area (Å²) in [5.41, 5.74) is 2.19. The number of aryl methyl sites for hydroxylation is 1. The Bertz CT molecular complexity index is 452. The van der Waals surface area contributed by atoms with E-state index in [2.05, 4.69) is 10.5 Å². The number of ether oxygens (including phenoxy) is 1. The van der Waals surface area contributed by atoms with Crippen molar-refractivity contribution in [1.29, 1.82) is 0 Å². The lowest BCUT2D eigenvalue weighted by molar-refractivity contribution is -0.384. The lowest BCUT2D eigenvalue weighted by atomic mass is 10.4. The first-order chi connectivity index (χ1) is 8.06. The van der Waals surface area contributed by atoms with E-state index < -0.39 is 10.8 Å². The number of hydrogen-bond acceptors (Lipinski definition) is 5. The minimum absolute atomic E-state index is 0.144. The number of rotatable bonds is 5. The van der Waals surface area contributed by atoms with Crippen molar-refractivity contribution < 1.29 is 14.5 Å². The van der Waals surface area contributed by atoms with Gasteiger partial charge in [-0.05, 0) is 6.92 Å². The van der Waals surface area contributed by atoms with E-state index in [1.54, 1.807) is 6.92 Å². The van der Waals surface area contributed by atoms with Crippen molar-refractivity contribution in [3.63, 3.8) is 0 Å². The largest absolute Gasteiger partial charge is 0.482 e. The molecule has 8 heteroatoms. The number of hydrazone groups is 1. The zero-order chi connectivity index (χ0) is 12.8. The van der Waals surface area contributed by atoms with Crippen LogP contribution in [0.25, 0.3) is 0 Å². The van der Waals surface area contributed by atoms with Gasteiger partial charge in [0.15, 0.2) is 6.40 Å². The minimum atomic E-state index is -0.569. The second-order valence-corrected chi connectivity index (χ2v) is 3.08. The van der Waals surface area contributed by atoms with E-state index in [1.165, 1.54) is 23.9 Å². The van der Waals surface area contributed by atoms with Gasteiger partial charge < -0.3 is 9.30 Å². The number of hydrogen-bond donors (Lipinski definition) is 1. The number of carbonyl (C=O) groups excluding carboxylic acids is 1. The van der Waals surface area contributed by atoms with Crippen LogP contribution in [0.2, 0.25) is 0 Å². The van der Waals surface area contributed by atoms with E-state index in [1.807, 2.05) is 0 Å². The fourth-order valence-corrected chi connectivity index (χ4v) is 1.13. The number of nitro groups is 1. The summed E-state index contributed by atoms with van der Waals surface area (Å²) >= 11 is 0. The second kappa shape index (κ2) is 5.64. The van der Waals surface area contributed by atoms with Crippen molar-refractivity contribution in [3.8, 4) is 0 Å². The number of carbonyl (C=O) groups is 1. The van der Waals surface area contributed by atoms with Gasteiger partial charge in [-0.1, -0.05) is 0 Å². The number of aromatic nitrogens is 1. The summed E-state index contributed by atoms with van der Waals surface area (Å²) in [5.74, 6) is -0.545. The monoisotopic (exact) mass is 240 g/mol. The summed E-state index contributed by atoms with van der Waals surface area (Å²) in [6.45, 7) is 2.21. The van der Waals surface area contributed by atoms with Crippen LogP contribution in [-0.4, -0.2) is 28.4 Å². The van der Waals surface area contributed by atoms with E-state index >= 15 is 0 Å². The van der Waals surface area contributed by atoms with Crippen molar-refractivity contribution in [2.45, 2.75) is 6.92 Å². The lowest BCUT2D eigenvalue weighted by Gasteiger charge is -1.99. The van der Waals surface area contributed by atoms with Gasteiger partial charge in [0.2, 0.25) is 0 Å². The van der Waals surface area contributed by atoms with E-state index in [0.717, 1.165) is 6.40 Å². The smallest absolute Gasteiger partial charge is 0.288 e. The average Bonchev–Trinajstić information content (AvgIpc) is 2.67. The van der Waals surface area contributed by atoms with Crippen molar-refractivity contribution in [2.75, 3.05) is 6.61 Å². The molecule has 1 rings (SSSR count). The van der Waals surface area contributed by atoms with Gasteiger partial charge in [-0.15, -0.1) is 5.10 Å². The molecule has 0 unspecified atom stereocenters. The molecule has 0 bridgehead atoms. The van der Waals surface area contributed by atoms with Crippen LogP contribution in [0.15, 0.2) is 17.4 Å². The van der Waals surface area contributed by atoms with Gasteiger partial charge in [-0.3, -0.25) is 14.9 Å². The van der Waals surface area contributed by atoms with Gasteiger partial charge >= 0.3 is 0 Å². The fraction of sp³-hybridized carbons (Fsp3) is 0.333. The molecule has 0 aliphatic carbocycles. The van der Waals surface area contributed by atoms with Gasteiger partial charge in [-0.25, -0.2) is 5.43 Å². The Hall–Kier alpha value is -2.38. The first kappa shape index (κ1) is 12.7. The zero-order valence-electron chi connectivity index (χ0n) is 9.41. The van der Waals surface area contributed by atoms with Gasteiger partial charge in [0.25, 0.3) is 11.6 Å². The molecule has 92 valence electrons. The first-order valence-electron chi connectivity index (χ1n) is 4.80. The summed E-state index contributed by atoms with van der Waals surface area (Å²) in [6.07, 6.45) is 2.34. The molecule has 0 atom stereocenters. The zero-order valence-corrected chi connectivity index (χ0v) is 9.41. The summed E-state index contributed by atoms with van der Waals surface area (Å²) in [5, 5.41) is 14.0. The van der Waals surface area contributed by atoms with Gasteiger partial charge in [0.1, 0.15) is 5.69 Å². The molecule has 0 fully saturated rings. The molecular formula is C9H12N4O4. The Labute approximate surface area is 97.0 Å². The topological polar surface area (TPSA) is 98.8 Å². The van der Waals surface area contributed by atoms with Crippen molar-refractivity contribution >= 4 is 18.0 Å². The molecule has 1 amide bonds. The molecule has 0 radical (unpaired) electrons. The first-order valence-corrected chi connectivity index (χ1v) is 4.80. The predicted octanol–water partition coefficient (Wildman–Crippen LogP) is 0.643. The fourth-order valence-electron chi connectivity index (χ4n) is 1.13. The molecule has 8 nitrogen and oxygen atoms in total.